The van der Waals surface area contributed by atoms with Crippen LogP contribution in [0.4, 0.5) is 4.79 Å². The summed E-state index contributed by atoms with van der Waals surface area (Å²) in [5, 5.41) is 1.15. The maximum atomic E-state index is 13.1. The van der Waals surface area contributed by atoms with Gasteiger partial charge in [0.1, 0.15) is 11.4 Å². The van der Waals surface area contributed by atoms with Gasteiger partial charge in [0.25, 0.3) is 0 Å². The van der Waals surface area contributed by atoms with E-state index in [0.717, 1.165) is 40.8 Å². The van der Waals surface area contributed by atoms with Gasteiger partial charge in [-0.05, 0) is 57.2 Å². The molecule has 2 heterocycles. The number of aromatic nitrogens is 1. The molecule has 2 aliphatic rings. The lowest BCUT2D eigenvalue weighted by Crippen LogP contribution is -2.42. The van der Waals surface area contributed by atoms with Crippen molar-refractivity contribution in [2.75, 3.05) is 0 Å². The summed E-state index contributed by atoms with van der Waals surface area (Å²) in [5.74, 6) is 1.39. The van der Waals surface area contributed by atoms with Gasteiger partial charge in [0.2, 0.25) is 0 Å². The molecule has 2 aliphatic carbocycles. The normalized spacial score (nSPS) is 23.8. The molecule has 0 aliphatic heterocycles. The molecule has 4 heteroatoms. The van der Waals surface area contributed by atoms with Crippen LogP contribution in [-0.2, 0) is 10.2 Å². The van der Waals surface area contributed by atoms with Gasteiger partial charge in [0.05, 0.1) is 17.5 Å². The predicted molar refractivity (Wildman–Crippen MR) is 101 cm³/mol. The average Bonchev–Trinajstić information content (AvgIpc) is 3.14. The zero-order valence-electron chi connectivity index (χ0n) is 15.6. The lowest BCUT2D eigenvalue weighted by molar-refractivity contribution is 0.0546. The second kappa shape index (κ2) is 4.81. The Morgan fingerprint density at radius 3 is 2.73 bits per heavy atom. The molecule has 26 heavy (non-hydrogen) atoms. The molecule has 2 atom stereocenters. The molecular weight excluding hydrogens is 326 g/mol. The number of benzene rings is 1. The highest BCUT2D eigenvalue weighted by molar-refractivity contribution is 6.01. The fourth-order valence-corrected chi connectivity index (χ4v) is 4.77. The molecule has 0 N–H and O–H groups in total. The minimum Gasteiger partial charge on any atom is -0.468 e. The first-order chi connectivity index (χ1) is 12.3. The summed E-state index contributed by atoms with van der Waals surface area (Å²) in [6.45, 7) is 7.98. The van der Waals surface area contributed by atoms with Crippen molar-refractivity contribution in [2.45, 2.75) is 57.5 Å². The largest absolute Gasteiger partial charge is 0.468 e. The van der Waals surface area contributed by atoms with Crippen LogP contribution < -0.4 is 0 Å². The molecule has 1 saturated carbocycles. The number of para-hydroxylation sites is 1. The zero-order valence-corrected chi connectivity index (χ0v) is 15.6. The van der Waals surface area contributed by atoms with Gasteiger partial charge in [0.15, 0.2) is 0 Å². The number of ether oxygens (including phenoxy) is 1. The van der Waals surface area contributed by atoms with Crippen LogP contribution in [0, 0.1) is 0 Å². The quantitative estimate of drug-likeness (QED) is 0.512. The molecule has 134 valence electrons. The highest BCUT2D eigenvalue weighted by atomic mass is 16.6. The molecular formula is C22H23NO3. The van der Waals surface area contributed by atoms with Crippen LogP contribution in [0.15, 0.2) is 41.0 Å². The lowest BCUT2D eigenvalue weighted by Gasteiger charge is -2.49. The van der Waals surface area contributed by atoms with Crippen molar-refractivity contribution >= 4 is 17.0 Å². The number of rotatable bonds is 0. The van der Waals surface area contributed by atoms with Gasteiger partial charge in [-0.2, -0.15) is 0 Å². The van der Waals surface area contributed by atoms with E-state index < -0.39 is 5.60 Å². The van der Waals surface area contributed by atoms with E-state index >= 15 is 0 Å². The highest BCUT2D eigenvalue weighted by Crippen LogP contribution is 2.63. The number of hydrogen-bond acceptors (Lipinski definition) is 3. The molecule has 3 aromatic rings. The van der Waals surface area contributed by atoms with E-state index in [1.807, 2.05) is 45.0 Å². The molecule has 2 aromatic heterocycles. The van der Waals surface area contributed by atoms with Crippen molar-refractivity contribution in [1.29, 1.82) is 0 Å². The van der Waals surface area contributed by atoms with E-state index in [1.54, 1.807) is 10.8 Å². The molecule has 0 saturated heterocycles. The molecule has 1 fully saturated rings. The molecule has 5 rings (SSSR count). The SMILES string of the molecule is CC(C)(C)OC(=O)n1c2c(c3ccccc31)C1CCC1(C)c1occc1-2. The van der Waals surface area contributed by atoms with Crippen molar-refractivity contribution in [2.24, 2.45) is 0 Å². The van der Waals surface area contributed by atoms with Crippen LogP contribution in [-0.4, -0.2) is 16.3 Å². The topological polar surface area (TPSA) is 44.4 Å². The Morgan fingerprint density at radius 2 is 2.04 bits per heavy atom. The molecule has 0 radical (unpaired) electrons. The van der Waals surface area contributed by atoms with Gasteiger partial charge < -0.3 is 9.15 Å². The summed E-state index contributed by atoms with van der Waals surface area (Å²) in [6, 6.07) is 10.1. The van der Waals surface area contributed by atoms with Crippen LogP contribution in [0.3, 0.4) is 0 Å². The number of carbonyl (C=O) groups is 1. The molecule has 0 bridgehead atoms. The Labute approximate surface area is 152 Å². The first-order valence-corrected chi connectivity index (χ1v) is 9.26. The third-order valence-electron chi connectivity index (χ3n) is 6.00. The molecule has 1 aromatic carbocycles. The Balaban J connectivity index is 1.85. The first kappa shape index (κ1) is 15.7. The lowest BCUT2D eigenvalue weighted by atomic mass is 9.54. The van der Waals surface area contributed by atoms with Crippen molar-refractivity contribution in [3.63, 3.8) is 0 Å². The standard InChI is InChI=1S/C22H23NO3/c1-21(2,3)26-20(24)23-16-8-6-5-7-13(16)17-15-9-11-22(15,4)19-14(18(17)23)10-12-25-19/h5-8,10,12,15H,9,11H2,1-4H3. The van der Waals surface area contributed by atoms with Crippen LogP contribution >= 0.6 is 0 Å². The Morgan fingerprint density at radius 1 is 1.27 bits per heavy atom. The van der Waals surface area contributed by atoms with Gasteiger partial charge in [-0.1, -0.05) is 25.1 Å². The number of furan rings is 1. The third kappa shape index (κ3) is 1.87. The van der Waals surface area contributed by atoms with E-state index in [1.165, 1.54) is 5.56 Å². The van der Waals surface area contributed by atoms with Crippen LogP contribution in [0.2, 0.25) is 0 Å². The summed E-state index contributed by atoms with van der Waals surface area (Å²) in [5.41, 5.74) is 3.64. The third-order valence-corrected chi connectivity index (χ3v) is 6.00. The van der Waals surface area contributed by atoms with E-state index in [2.05, 4.69) is 13.0 Å². The van der Waals surface area contributed by atoms with Crippen molar-refractivity contribution in [1.82, 2.24) is 4.57 Å². The number of carbonyl (C=O) groups excluding carboxylic acids is 1. The first-order valence-electron chi connectivity index (χ1n) is 9.26. The van der Waals surface area contributed by atoms with Crippen LogP contribution in [0.25, 0.3) is 22.2 Å². The molecule has 0 spiro atoms. The monoisotopic (exact) mass is 349 g/mol. The molecule has 4 nitrogen and oxygen atoms in total. The smallest absolute Gasteiger partial charge is 0.419 e. The molecule has 2 unspecified atom stereocenters. The fraction of sp³-hybridized carbons (Fsp3) is 0.409. The van der Waals surface area contributed by atoms with Crippen LogP contribution in [0.1, 0.15) is 57.8 Å². The number of fused-ring (bicyclic) bond motifs is 8. The van der Waals surface area contributed by atoms with Gasteiger partial charge in [-0.3, -0.25) is 0 Å². The predicted octanol–water partition coefficient (Wildman–Crippen LogP) is 5.83. The molecule has 0 amide bonds. The Kier molecular flexibility index (Phi) is 2.91. The van der Waals surface area contributed by atoms with E-state index in [0.29, 0.717) is 5.92 Å². The maximum absolute atomic E-state index is 13.1. The van der Waals surface area contributed by atoms with Crippen molar-refractivity contribution < 1.29 is 13.9 Å². The minimum atomic E-state index is -0.547. The van der Waals surface area contributed by atoms with Gasteiger partial charge in [0, 0.05) is 16.4 Å². The summed E-state index contributed by atoms with van der Waals surface area (Å²) < 4.78 is 13.4. The van der Waals surface area contributed by atoms with Crippen molar-refractivity contribution in [3.05, 3.63) is 47.9 Å². The summed E-state index contributed by atoms with van der Waals surface area (Å²) >= 11 is 0. The Bertz CT molecular complexity index is 1050. The van der Waals surface area contributed by atoms with Crippen LogP contribution in [0.5, 0.6) is 0 Å². The minimum absolute atomic E-state index is 0.0225. The number of hydrogen-bond donors (Lipinski definition) is 0. The summed E-state index contributed by atoms with van der Waals surface area (Å²) in [4.78, 5) is 13.1. The Hall–Kier alpha value is -2.49. The van der Waals surface area contributed by atoms with Gasteiger partial charge in [-0.25, -0.2) is 9.36 Å². The second-order valence-corrected chi connectivity index (χ2v) is 8.77. The fourth-order valence-electron chi connectivity index (χ4n) is 4.77. The maximum Gasteiger partial charge on any atom is 0.419 e. The zero-order chi connectivity index (χ0) is 18.3. The highest BCUT2D eigenvalue weighted by Gasteiger charge is 2.54. The van der Waals surface area contributed by atoms with E-state index in [-0.39, 0.29) is 11.5 Å². The van der Waals surface area contributed by atoms with Gasteiger partial charge >= 0.3 is 6.09 Å². The van der Waals surface area contributed by atoms with E-state index in [4.69, 9.17) is 9.15 Å². The van der Waals surface area contributed by atoms with E-state index in [9.17, 15) is 4.79 Å². The average molecular weight is 349 g/mol. The second-order valence-electron chi connectivity index (χ2n) is 8.77. The van der Waals surface area contributed by atoms with Gasteiger partial charge in [-0.15, -0.1) is 0 Å². The summed E-state index contributed by atoms with van der Waals surface area (Å²) in [7, 11) is 0. The number of nitrogens with zero attached hydrogens (tertiary/aromatic N) is 1. The summed E-state index contributed by atoms with van der Waals surface area (Å²) in [6.07, 6.45) is 3.65. The van der Waals surface area contributed by atoms with Crippen molar-refractivity contribution in [3.8, 4) is 11.3 Å².